The second-order valence-electron chi connectivity index (χ2n) is 8.27. The van der Waals surface area contributed by atoms with E-state index < -0.39 is 0 Å². The maximum absolute atomic E-state index is 12.5. The van der Waals surface area contributed by atoms with Crippen LogP contribution >= 0.6 is 11.3 Å². The van der Waals surface area contributed by atoms with Crippen molar-refractivity contribution < 1.29 is 14.3 Å². The van der Waals surface area contributed by atoms with Crippen LogP contribution in [0.3, 0.4) is 0 Å². The third-order valence-electron chi connectivity index (χ3n) is 5.80. The number of para-hydroxylation sites is 1. The third kappa shape index (κ3) is 6.61. The molecule has 2 amide bonds. The first kappa shape index (κ1) is 23.8. The summed E-state index contributed by atoms with van der Waals surface area (Å²) in [4.78, 5) is 27.4. The molecule has 2 N–H and O–H groups in total. The molecule has 2 aromatic carbocycles. The molecule has 1 saturated heterocycles. The lowest BCUT2D eigenvalue weighted by Crippen LogP contribution is -2.42. The van der Waals surface area contributed by atoms with Crippen LogP contribution in [0.15, 0.2) is 54.6 Å². The van der Waals surface area contributed by atoms with Gasteiger partial charge in [-0.2, -0.15) is 0 Å². The van der Waals surface area contributed by atoms with Gasteiger partial charge in [-0.1, -0.05) is 36.0 Å². The van der Waals surface area contributed by atoms with E-state index >= 15 is 0 Å². The van der Waals surface area contributed by atoms with Gasteiger partial charge < -0.3 is 15.4 Å². The van der Waals surface area contributed by atoms with E-state index in [2.05, 4.69) is 32.7 Å². The molecule has 9 heteroatoms. The first-order valence-corrected chi connectivity index (χ1v) is 12.3. The molecule has 0 spiro atoms. The lowest BCUT2D eigenvalue weighted by Gasteiger charge is -2.33. The number of hydrogen-bond acceptors (Lipinski definition) is 7. The molecule has 4 rings (SSSR count). The highest BCUT2D eigenvalue weighted by molar-refractivity contribution is 7.13. The minimum atomic E-state index is -0.351. The van der Waals surface area contributed by atoms with E-state index in [1.165, 1.54) is 30.6 Å². The van der Waals surface area contributed by atoms with E-state index in [-0.39, 0.29) is 23.4 Å². The maximum atomic E-state index is 12.5. The number of carbonyl (C=O) groups excluding carboxylic acids is 2. The number of aromatic nitrogens is 2. The van der Waals surface area contributed by atoms with Crippen molar-refractivity contribution in [3.05, 3.63) is 70.2 Å². The van der Waals surface area contributed by atoms with E-state index in [9.17, 15) is 9.59 Å². The van der Waals surface area contributed by atoms with Gasteiger partial charge in [0.1, 0.15) is 12.4 Å². The van der Waals surface area contributed by atoms with Crippen LogP contribution in [0.4, 0.5) is 5.69 Å². The topological polar surface area (TPSA) is 96.5 Å². The summed E-state index contributed by atoms with van der Waals surface area (Å²) in [6.45, 7) is 5.07. The molecule has 8 nitrogen and oxygen atoms in total. The van der Waals surface area contributed by atoms with Gasteiger partial charge in [-0.05, 0) is 62.7 Å². The molecule has 0 saturated carbocycles. The maximum Gasteiger partial charge on any atom is 0.286 e. The smallest absolute Gasteiger partial charge is 0.286 e. The fourth-order valence-electron chi connectivity index (χ4n) is 3.86. The number of nitrogens with zero attached hydrogens (tertiary/aromatic N) is 3. The molecule has 1 aliphatic rings. The van der Waals surface area contributed by atoms with Gasteiger partial charge in [-0.15, -0.1) is 10.2 Å². The summed E-state index contributed by atoms with van der Waals surface area (Å²) in [6.07, 6.45) is 3.74. The average Bonchev–Trinajstić information content (AvgIpc) is 3.34. The molecule has 2 heterocycles. The Bertz CT molecular complexity index is 1090. The lowest BCUT2D eigenvalue weighted by atomic mass is 10.0. The molecule has 0 radical (unpaired) electrons. The Balaban J connectivity index is 1.23. The van der Waals surface area contributed by atoms with Crippen molar-refractivity contribution in [2.24, 2.45) is 0 Å². The number of likely N-dealkylation sites (tertiary alicyclic amines) is 1. The van der Waals surface area contributed by atoms with Crippen LogP contribution in [0.2, 0.25) is 0 Å². The zero-order chi connectivity index (χ0) is 23.8. The van der Waals surface area contributed by atoms with Crippen molar-refractivity contribution in [1.82, 2.24) is 20.4 Å². The first-order valence-electron chi connectivity index (χ1n) is 11.5. The zero-order valence-electron chi connectivity index (χ0n) is 19.2. The summed E-state index contributed by atoms with van der Waals surface area (Å²) < 4.78 is 5.64. The summed E-state index contributed by atoms with van der Waals surface area (Å²) in [5, 5.41) is 14.6. The van der Waals surface area contributed by atoms with Gasteiger partial charge >= 0.3 is 0 Å². The number of benzene rings is 2. The lowest BCUT2D eigenvalue weighted by molar-refractivity contribution is 0.0938. The molecule has 1 aliphatic heterocycles. The Kier molecular flexibility index (Phi) is 8.21. The van der Waals surface area contributed by atoms with Crippen molar-refractivity contribution in [3.63, 3.8) is 0 Å². The van der Waals surface area contributed by atoms with Crippen LogP contribution in [0.1, 0.15) is 51.4 Å². The number of rotatable bonds is 9. The van der Waals surface area contributed by atoms with Crippen LogP contribution in [-0.2, 0) is 6.61 Å². The first-order chi connectivity index (χ1) is 16.6. The van der Waals surface area contributed by atoms with Gasteiger partial charge in [0.25, 0.3) is 11.8 Å². The Morgan fingerprint density at radius 1 is 1.06 bits per heavy atom. The highest BCUT2D eigenvalue weighted by Gasteiger charge is 2.18. The van der Waals surface area contributed by atoms with Gasteiger partial charge in [-0.25, -0.2) is 0 Å². The minimum Gasteiger partial charge on any atom is -0.486 e. The highest BCUT2D eigenvalue weighted by Crippen LogP contribution is 2.17. The predicted octanol–water partition coefficient (Wildman–Crippen LogP) is 3.97. The van der Waals surface area contributed by atoms with Crippen molar-refractivity contribution >= 4 is 28.8 Å². The van der Waals surface area contributed by atoms with Crippen molar-refractivity contribution in [3.8, 4) is 5.75 Å². The fourth-order valence-corrected chi connectivity index (χ4v) is 4.51. The summed E-state index contributed by atoms with van der Waals surface area (Å²) in [7, 11) is 0. The summed E-state index contributed by atoms with van der Waals surface area (Å²) >= 11 is 1.18. The van der Waals surface area contributed by atoms with E-state index in [4.69, 9.17) is 4.74 Å². The van der Waals surface area contributed by atoms with Crippen molar-refractivity contribution in [1.29, 1.82) is 0 Å². The van der Waals surface area contributed by atoms with Gasteiger partial charge in [0.15, 0.2) is 5.01 Å². The fraction of sp³-hybridized carbons (Fsp3) is 0.360. The molecule has 0 bridgehead atoms. The van der Waals surface area contributed by atoms with E-state index in [0.717, 1.165) is 18.8 Å². The quantitative estimate of drug-likeness (QED) is 0.482. The summed E-state index contributed by atoms with van der Waals surface area (Å²) in [5.74, 6) is 0.264. The van der Waals surface area contributed by atoms with Crippen LogP contribution in [0.5, 0.6) is 5.75 Å². The van der Waals surface area contributed by atoms with Gasteiger partial charge in [0, 0.05) is 30.4 Å². The predicted molar refractivity (Wildman–Crippen MR) is 132 cm³/mol. The SMILES string of the molecule is C[C@H]1CCCCN1CCNC(=O)c1ccc(NC(=O)c2nnc(COc3ccccc3)s2)cc1. The molecule has 0 aliphatic carbocycles. The van der Waals surface area contributed by atoms with E-state index in [0.29, 0.717) is 28.8 Å². The highest BCUT2D eigenvalue weighted by atomic mass is 32.1. The number of hydrogen-bond donors (Lipinski definition) is 2. The van der Waals surface area contributed by atoms with E-state index in [1.54, 1.807) is 24.3 Å². The molecule has 1 fully saturated rings. The Morgan fingerprint density at radius 3 is 2.62 bits per heavy atom. The molecule has 34 heavy (non-hydrogen) atoms. The van der Waals surface area contributed by atoms with Crippen LogP contribution in [-0.4, -0.2) is 52.6 Å². The zero-order valence-corrected chi connectivity index (χ0v) is 20.0. The van der Waals surface area contributed by atoms with Gasteiger partial charge in [-0.3, -0.25) is 14.5 Å². The Labute approximate surface area is 203 Å². The number of carbonyl (C=O) groups is 2. The number of ether oxygens (including phenoxy) is 1. The molecule has 0 unspecified atom stereocenters. The monoisotopic (exact) mass is 479 g/mol. The van der Waals surface area contributed by atoms with Gasteiger partial charge in [0.2, 0.25) is 5.01 Å². The van der Waals surface area contributed by atoms with Crippen LogP contribution < -0.4 is 15.4 Å². The Morgan fingerprint density at radius 2 is 1.85 bits per heavy atom. The standard InChI is InChI=1S/C25H29N5O3S/c1-18-7-5-6-15-30(18)16-14-26-23(31)19-10-12-20(13-11-19)27-24(32)25-29-28-22(34-25)17-33-21-8-3-2-4-9-21/h2-4,8-13,18H,5-7,14-17H2,1H3,(H,26,31)(H,27,32)/t18-/m0/s1. The molecule has 3 aromatic rings. The molecule has 1 aromatic heterocycles. The number of amides is 2. The van der Waals surface area contributed by atoms with E-state index in [1.807, 2.05) is 30.3 Å². The summed E-state index contributed by atoms with van der Waals surface area (Å²) in [6, 6.07) is 16.8. The largest absolute Gasteiger partial charge is 0.486 e. The number of anilines is 1. The molecular formula is C25H29N5O3S. The third-order valence-corrected chi connectivity index (χ3v) is 6.69. The Hall–Kier alpha value is -3.30. The summed E-state index contributed by atoms with van der Waals surface area (Å²) in [5.41, 5.74) is 1.14. The van der Waals surface area contributed by atoms with Crippen LogP contribution in [0, 0.1) is 0 Å². The van der Waals surface area contributed by atoms with Crippen molar-refractivity contribution in [2.75, 3.05) is 25.0 Å². The second-order valence-corrected chi connectivity index (χ2v) is 9.33. The van der Waals surface area contributed by atoms with Crippen molar-refractivity contribution in [2.45, 2.75) is 38.8 Å². The van der Waals surface area contributed by atoms with Gasteiger partial charge in [0.05, 0.1) is 0 Å². The molecular weight excluding hydrogens is 450 g/mol. The average molecular weight is 480 g/mol. The molecule has 1 atom stereocenters. The number of piperidine rings is 1. The second kappa shape index (κ2) is 11.7. The normalized spacial score (nSPS) is 16.1. The molecule has 178 valence electrons. The van der Waals surface area contributed by atoms with Crippen LogP contribution in [0.25, 0.3) is 0 Å². The number of nitrogens with one attached hydrogen (secondary N) is 2. The minimum absolute atomic E-state index is 0.116.